The maximum Gasteiger partial charge on any atom is 0.0346 e. The summed E-state index contributed by atoms with van der Waals surface area (Å²) in [6.07, 6.45) is 6.78. The third kappa shape index (κ3) is 6.59. The Bertz CT molecular complexity index is 600. The maximum absolute atomic E-state index is 3.54. The molecule has 0 aliphatic heterocycles. The number of rotatable bonds is 10. The van der Waals surface area contributed by atoms with Gasteiger partial charge in [-0.15, -0.1) is 0 Å². The van der Waals surface area contributed by atoms with Gasteiger partial charge in [-0.05, 0) is 55.7 Å². The van der Waals surface area contributed by atoms with Crippen molar-refractivity contribution in [3.05, 3.63) is 65.7 Å². The molecule has 0 amide bonds. The van der Waals surface area contributed by atoms with Gasteiger partial charge in [-0.25, -0.2) is 0 Å². The molecule has 2 rings (SSSR count). The molecule has 0 spiro atoms. The van der Waals surface area contributed by atoms with Gasteiger partial charge in [0.15, 0.2) is 0 Å². The third-order valence-corrected chi connectivity index (χ3v) is 4.28. The Morgan fingerprint density at radius 3 is 2.29 bits per heavy atom. The molecule has 0 fully saturated rings. The summed E-state index contributed by atoms with van der Waals surface area (Å²) in [6, 6.07) is 19.0. The van der Waals surface area contributed by atoms with E-state index in [9.17, 15) is 0 Å². The predicted octanol–water partition coefficient (Wildman–Crippen LogP) is 5.39. The maximum atomic E-state index is 3.54. The fraction of sp³-hybridized carbons (Fsp3) is 0.364. The molecule has 0 aliphatic rings. The summed E-state index contributed by atoms with van der Waals surface area (Å²) >= 11 is 0. The zero-order chi connectivity index (χ0) is 17.0. The summed E-state index contributed by atoms with van der Waals surface area (Å²) in [5.74, 6) is 0. The van der Waals surface area contributed by atoms with Gasteiger partial charge in [-0.3, -0.25) is 0 Å². The summed E-state index contributed by atoms with van der Waals surface area (Å²) in [5.41, 5.74) is 3.66. The van der Waals surface area contributed by atoms with Gasteiger partial charge < -0.3 is 10.2 Å². The fourth-order valence-corrected chi connectivity index (χ4v) is 2.74. The second-order valence-corrected chi connectivity index (χ2v) is 6.03. The minimum Gasteiger partial charge on any atom is -0.385 e. The molecule has 0 aromatic heterocycles. The van der Waals surface area contributed by atoms with Crippen LogP contribution in [0.5, 0.6) is 0 Å². The number of hydrogen-bond donors (Lipinski definition) is 1. The van der Waals surface area contributed by atoms with Gasteiger partial charge in [0.2, 0.25) is 0 Å². The van der Waals surface area contributed by atoms with Crippen molar-refractivity contribution in [3.63, 3.8) is 0 Å². The molecule has 0 unspecified atom stereocenters. The summed E-state index contributed by atoms with van der Waals surface area (Å²) < 4.78 is 0. The summed E-state index contributed by atoms with van der Waals surface area (Å²) in [6.45, 7) is 9.01. The van der Waals surface area contributed by atoms with E-state index in [1.54, 1.807) is 0 Å². The zero-order valence-corrected chi connectivity index (χ0v) is 15.0. The molecular weight excluding hydrogens is 292 g/mol. The van der Waals surface area contributed by atoms with E-state index >= 15 is 0 Å². The lowest BCUT2D eigenvalue weighted by Gasteiger charge is -2.17. The van der Waals surface area contributed by atoms with E-state index < -0.39 is 0 Å². The van der Waals surface area contributed by atoms with Gasteiger partial charge in [-0.2, -0.15) is 0 Å². The van der Waals surface area contributed by atoms with Crippen LogP contribution in [0.4, 0.5) is 5.69 Å². The van der Waals surface area contributed by atoms with Crippen LogP contribution < -0.4 is 5.32 Å². The highest BCUT2D eigenvalue weighted by Crippen LogP contribution is 2.14. The van der Waals surface area contributed by atoms with Gasteiger partial charge in [0.1, 0.15) is 0 Å². The predicted molar refractivity (Wildman–Crippen MR) is 107 cm³/mol. The molecule has 2 heteroatoms. The topological polar surface area (TPSA) is 15.3 Å². The lowest BCUT2D eigenvalue weighted by molar-refractivity contribution is 0.298. The van der Waals surface area contributed by atoms with Crippen LogP contribution in [0.25, 0.3) is 12.2 Å². The van der Waals surface area contributed by atoms with E-state index in [1.807, 2.05) is 6.07 Å². The van der Waals surface area contributed by atoms with E-state index in [0.29, 0.717) is 0 Å². The van der Waals surface area contributed by atoms with Crippen molar-refractivity contribution < 1.29 is 0 Å². The van der Waals surface area contributed by atoms with Crippen molar-refractivity contribution >= 4 is 17.8 Å². The molecule has 0 heterocycles. The quantitative estimate of drug-likeness (QED) is 0.466. The smallest absolute Gasteiger partial charge is 0.0346 e. The van der Waals surface area contributed by atoms with E-state index in [0.717, 1.165) is 19.6 Å². The molecule has 0 saturated carbocycles. The first-order valence-electron chi connectivity index (χ1n) is 9.11. The normalized spacial score (nSPS) is 11.3. The average molecular weight is 322 g/mol. The molecule has 2 aromatic carbocycles. The van der Waals surface area contributed by atoms with Crippen LogP contribution in [-0.4, -0.2) is 31.1 Å². The first-order valence-corrected chi connectivity index (χ1v) is 9.11. The van der Waals surface area contributed by atoms with Gasteiger partial charge in [0.05, 0.1) is 0 Å². The summed E-state index contributed by atoms with van der Waals surface area (Å²) in [7, 11) is 0. The van der Waals surface area contributed by atoms with Crippen LogP contribution >= 0.6 is 0 Å². The SMILES string of the molecule is CCN(CC)CCCCNc1cccc(C=Cc2ccccc2)c1. The van der Waals surface area contributed by atoms with Crippen LogP contribution in [-0.2, 0) is 0 Å². The molecule has 0 saturated heterocycles. The molecular formula is C22H30N2. The van der Waals surface area contributed by atoms with E-state index in [-0.39, 0.29) is 0 Å². The van der Waals surface area contributed by atoms with Crippen LogP contribution in [0.2, 0.25) is 0 Å². The summed E-state index contributed by atoms with van der Waals surface area (Å²) in [4.78, 5) is 2.48. The van der Waals surface area contributed by atoms with Crippen LogP contribution in [0.3, 0.4) is 0 Å². The number of benzene rings is 2. The molecule has 2 nitrogen and oxygen atoms in total. The largest absolute Gasteiger partial charge is 0.385 e. The first kappa shape index (κ1) is 18.3. The number of nitrogens with zero attached hydrogens (tertiary/aromatic N) is 1. The van der Waals surface area contributed by atoms with Gasteiger partial charge in [0, 0.05) is 12.2 Å². The first-order chi connectivity index (χ1) is 11.8. The van der Waals surface area contributed by atoms with Crippen LogP contribution in [0.15, 0.2) is 54.6 Å². The number of unbranched alkanes of at least 4 members (excludes halogenated alkanes) is 1. The van der Waals surface area contributed by atoms with Gasteiger partial charge in [-0.1, -0.05) is 68.5 Å². The van der Waals surface area contributed by atoms with Crippen LogP contribution in [0.1, 0.15) is 37.8 Å². The molecule has 128 valence electrons. The van der Waals surface area contributed by atoms with E-state index in [4.69, 9.17) is 0 Å². The van der Waals surface area contributed by atoms with Crippen LogP contribution in [0, 0.1) is 0 Å². The molecule has 0 aliphatic carbocycles. The Balaban J connectivity index is 1.77. The number of hydrogen-bond acceptors (Lipinski definition) is 2. The van der Waals surface area contributed by atoms with Crippen molar-refractivity contribution in [1.82, 2.24) is 4.90 Å². The Morgan fingerprint density at radius 1 is 0.833 bits per heavy atom. The Hall–Kier alpha value is -2.06. The van der Waals surface area contributed by atoms with Crippen molar-refractivity contribution in [2.24, 2.45) is 0 Å². The Labute approximate surface area is 147 Å². The molecule has 24 heavy (non-hydrogen) atoms. The standard InChI is InChI=1S/C22H30N2/c1-3-24(4-2)18-9-8-17-23-22-14-10-13-21(19-22)16-15-20-11-6-5-7-12-20/h5-7,10-16,19,23H,3-4,8-9,17-18H2,1-2H3. The van der Waals surface area contributed by atoms with Crippen molar-refractivity contribution in [1.29, 1.82) is 0 Å². The Kier molecular flexibility index (Phi) is 8.12. The molecule has 1 N–H and O–H groups in total. The minimum atomic E-state index is 1.03. The van der Waals surface area contributed by atoms with Crippen molar-refractivity contribution in [3.8, 4) is 0 Å². The number of nitrogens with one attached hydrogen (secondary N) is 1. The lowest BCUT2D eigenvalue weighted by atomic mass is 10.1. The average Bonchev–Trinajstić information content (AvgIpc) is 2.64. The molecule has 2 aromatic rings. The van der Waals surface area contributed by atoms with Crippen molar-refractivity contribution in [2.45, 2.75) is 26.7 Å². The highest BCUT2D eigenvalue weighted by molar-refractivity contribution is 5.71. The minimum absolute atomic E-state index is 1.03. The lowest BCUT2D eigenvalue weighted by Crippen LogP contribution is -2.24. The Morgan fingerprint density at radius 2 is 1.54 bits per heavy atom. The zero-order valence-electron chi connectivity index (χ0n) is 15.0. The summed E-state index contributed by atoms with van der Waals surface area (Å²) in [5, 5.41) is 3.54. The molecule has 0 bridgehead atoms. The molecule has 0 radical (unpaired) electrons. The second kappa shape index (κ2) is 10.7. The third-order valence-electron chi connectivity index (χ3n) is 4.28. The van der Waals surface area contributed by atoms with Gasteiger partial charge in [0.25, 0.3) is 0 Å². The highest BCUT2D eigenvalue weighted by Gasteiger charge is 1.98. The number of anilines is 1. The monoisotopic (exact) mass is 322 g/mol. The van der Waals surface area contributed by atoms with Crippen molar-refractivity contribution in [2.75, 3.05) is 31.5 Å². The fourth-order valence-electron chi connectivity index (χ4n) is 2.74. The van der Waals surface area contributed by atoms with E-state index in [2.05, 4.69) is 84.7 Å². The van der Waals surface area contributed by atoms with Gasteiger partial charge >= 0.3 is 0 Å². The molecule has 0 atom stereocenters. The van der Waals surface area contributed by atoms with E-state index in [1.165, 1.54) is 36.2 Å². The highest BCUT2D eigenvalue weighted by atomic mass is 15.1. The second-order valence-electron chi connectivity index (χ2n) is 6.03.